The number of amidine groups is 1. The van der Waals surface area contributed by atoms with Crippen LogP contribution in [0.3, 0.4) is 0 Å². The number of hydrogen-bond acceptors (Lipinski definition) is 4. The molecule has 3 N–H and O–H groups in total. The number of nitrogens with zero attached hydrogens (tertiary/aromatic N) is 3. The molecule has 1 rings (SSSR count). The molecule has 17 heavy (non-hydrogen) atoms. The Balaban J connectivity index is 2.39. The van der Waals surface area contributed by atoms with E-state index in [0.29, 0.717) is 24.3 Å². The standard InChI is InChI=1S/C12H26N4O/c1-4-16-7-5-11(6-8-16)15(3)10(2)9-12(13)14-17/h10-11,17H,4-9H2,1-3H3,(H2,13,14). The van der Waals surface area contributed by atoms with Crippen molar-refractivity contribution < 1.29 is 5.21 Å². The first-order chi connectivity index (χ1) is 8.08. The van der Waals surface area contributed by atoms with Crippen molar-refractivity contribution in [2.75, 3.05) is 26.7 Å². The minimum atomic E-state index is 0.315. The fraction of sp³-hybridized carbons (Fsp3) is 0.917. The first kappa shape index (κ1) is 14.3. The van der Waals surface area contributed by atoms with Gasteiger partial charge in [-0.15, -0.1) is 0 Å². The van der Waals surface area contributed by atoms with E-state index in [1.165, 1.54) is 25.9 Å². The van der Waals surface area contributed by atoms with Crippen molar-refractivity contribution in [2.24, 2.45) is 10.9 Å². The third-order valence-corrected chi connectivity index (χ3v) is 3.91. The maximum Gasteiger partial charge on any atom is 0.140 e. The average Bonchev–Trinajstić information content (AvgIpc) is 2.37. The van der Waals surface area contributed by atoms with E-state index in [0.717, 1.165) is 6.54 Å². The molecule has 1 fully saturated rings. The molecule has 1 atom stereocenters. The zero-order valence-electron chi connectivity index (χ0n) is 11.3. The van der Waals surface area contributed by atoms with Crippen LogP contribution in [0.1, 0.15) is 33.1 Å². The number of piperidine rings is 1. The van der Waals surface area contributed by atoms with Gasteiger partial charge in [-0.1, -0.05) is 12.1 Å². The van der Waals surface area contributed by atoms with Crippen LogP contribution in [0, 0.1) is 0 Å². The summed E-state index contributed by atoms with van der Waals surface area (Å²) < 4.78 is 0. The van der Waals surface area contributed by atoms with Crippen molar-refractivity contribution in [3.05, 3.63) is 0 Å². The third-order valence-electron chi connectivity index (χ3n) is 3.91. The molecule has 0 radical (unpaired) electrons. The molecule has 0 aromatic carbocycles. The van der Waals surface area contributed by atoms with Crippen LogP contribution in [-0.4, -0.2) is 59.6 Å². The molecule has 5 nitrogen and oxygen atoms in total. The van der Waals surface area contributed by atoms with Gasteiger partial charge in [0.2, 0.25) is 0 Å². The van der Waals surface area contributed by atoms with Crippen LogP contribution in [0.4, 0.5) is 0 Å². The van der Waals surface area contributed by atoms with Crippen molar-refractivity contribution in [1.82, 2.24) is 9.80 Å². The Kier molecular flexibility index (Phi) is 5.71. The first-order valence-electron chi connectivity index (χ1n) is 6.49. The number of nitrogens with two attached hydrogens (primary N) is 1. The highest BCUT2D eigenvalue weighted by molar-refractivity contribution is 5.80. The fourth-order valence-electron chi connectivity index (χ4n) is 2.49. The van der Waals surface area contributed by atoms with E-state index in [1.54, 1.807) is 0 Å². The van der Waals surface area contributed by atoms with Gasteiger partial charge in [0.15, 0.2) is 0 Å². The molecule has 0 aromatic rings. The molecule has 0 saturated carbocycles. The Morgan fingerprint density at radius 3 is 2.59 bits per heavy atom. The van der Waals surface area contributed by atoms with Crippen LogP contribution in [0.15, 0.2) is 5.16 Å². The summed E-state index contributed by atoms with van der Waals surface area (Å²) in [4.78, 5) is 4.85. The lowest BCUT2D eigenvalue weighted by atomic mass is 10.0. The first-order valence-corrected chi connectivity index (χ1v) is 6.49. The topological polar surface area (TPSA) is 65.1 Å². The summed E-state index contributed by atoms with van der Waals surface area (Å²) in [6.45, 7) is 7.86. The summed E-state index contributed by atoms with van der Waals surface area (Å²) in [7, 11) is 2.14. The second-order valence-electron chi connectivity index (χ2n) is 4.98. The molecule has 0 bridgehead atoms. The van der Waals surface area contributed by atoms with E-state index in [-0.39, 0.29) is 0 Å². The fourth-order valence-corrected chi connectivity index (χ4v) is 2.49. The van der Waals surface area contributed by atoms with Crippen LogP contribution in [0.25, 0.3) is 0 Å². The Hall–Kier alpha value is -0.810. The Morgan fingerprint density at radius 1 is 1.53 bits per heavy atom. The van der Waals surface area contributed by atoms with Crippen molar-refractivity contribution in [2.45, 2.75) is 45.2 Å². The molecule has 0 amide bonds. The van der Waals surface area contributed by atoms with E-state index < -0.39 is 0 Å². The molecule has 1 aliphatic rings. The van der Waals surface area contributed by atoms with Crippen molar-refractivity contribution in [1.29, 1.82) is 0 Å². The lowest BCUT2D eigenvalue weighted by molar-refractivity contribution is 0.106. The van der Waals surface area contributed by atoms with E-state index in [9.17, 15) is 0 Å². The highest BCUT2D eigenvalue weighted by Gasteiger charge is 2.24. The molecule has 1 unspecified atom stereocenters. The second-order valence-corrected chi connectivity index (χ2v) is 4.98. The maximum absolute atomic E-state index is 8.58. The van der Waals surface area contributed by atoms with E-state index in [1.807, 2.05) is 0 Å². The van der Waals surface area contributed by atoms with Gasteiger partial charge in [0, 0.05) is 18.5 Å². The summed E-state index contributed by atoms with van der Waals surface area (Å²) >= 11 is 0. The predicted molar refractivity (Wildman–Crippen MR) is 70.4 cm³/mol. The summed E-state index contributed by atoms with van der Waals surface area (Å²) in [6.07, 6.45) is 3.05. The van der Waals surface area contributed by atoms with Gasteiger partial charge in [-0.05, 0) is 46.4 Å². The zero-order valence-corrected chi connectivity index (χ0v) is 11.3. The van der Waals surface area contributed by atoms with Gasteiger partial charge in [0.05, 0.1) is 0 Å². The summed E-state index contributed by atoms with van der Waals surface area (Å²) in [5.74, 6) is 0.315. The molecular weight excluding hydrogens is 216 g/mol. The summed E-state index contributed by atoms with van der Waals surface area (Å²) in [5, 5.41) is 11.6. The van der Waals surface area contributed by atoms with Crippen LogP contribution >= 0.6 is 0 Å². The lowest BCUT2D eigenvalue weighted by Gasteiger charge is -2.39. The SMILES string of the molecule is CCN1CCC(N(C)C(C)C/C(N)=N/O)CC1. The largest absolute Gasteiger partial charge is 0.409 e. The van der Waals surface area contributed by atoms with Gasteiger partial charge >= 0.3 is 0 Å². The predicted octanol–water partition coefficient (Wildman–Crippen LogP) is 0.928. The average molecular weight is 242 g/mol. The molecule has 0 spiro atoms. The summed E-state index contributed by atoms with van der Waals surface area (Å²) in [5.41, 5.74) is 5.55. The van der Waals surface area contributed by atoms with Gasteiger partial charge in [0.1, 0.15) is 5.84 Å². The van der Waals surface area contributed by atoms with Crippen LogP contribution < -0.4 is 5.73 Å². The van der Waals surface area contributed by atoms with Crippen LogP contribution in [0.2, 0.25) is 0 Å². The second kappa shape index (κ2) is 6.81. The number of hydrogen-bond donors (Lipinski definition) is 2. The Morgan fingerprint density at radius 2 is 2.12 bits per heavy atom. The molecular formula is C12H26N4O. The Bertz CT molecular complexity index is 249. The molecule has 1 heterocycles. The highest BCUT2D eigenvalue weighted by Crippen LogP contribution is 2.18. The molecule has 0 aromatic heterocycles. The van der Waals surface area contributed by atoms with E-state index >= 15 is 0 Å². The van der Waals surface area contributed by atoms with Gasteiger partial charge in [-0.3, -0.25) is 0 Å². The zero-order chi connectivity index (χ0) is 12.8. The monoisotopic (exact) mass is 242 g/mol. The number of likely N-dealkylation sites (tertiary alicyclic amines) is 1. The normalized spacial score (nSPS) is 22.0. The smallest absolute Gasteiger partial charge is 0.140 e. The van der Waals surface area contributed by atoms with E-state index in [2.05, 4.69) is 35.9 Å². The third kappa shape index (κ3) is 4.16. The van der Waals surface area contributed by atoms with Crippen LogP contribution in [-0.2, 0) is 0 Å². The minimum Gasteiger partial charge on any atom is -0.409 e. The molecule has 1 aliphatic heterocycles. The van der Waals surface area contributed by atoms with Crippen molar-refractivity contribution in [3.63, 3.8) is 0 Å². The van der Waals surface area contributed by atoms with Gasteiger partial charge in [-0.2, -0.15) is 0 Å². The van der Waals surface area contributed by atoms with E-state index in [4.69, 9.17) is 10.9 Å². The lowest BCUT2D eigenvalue weighted by Crippen LogP contribution is -2.47. The van der Waals surface area contributed by atoms with Gasteiger partial charge < -0.3 is 20.7 Å². The van der Waals surface area contributed by atoms with Crippen molar-refractivity contribution >= 4 is 5.84 Å². The number of oxime groups is 1. The quantitative estimate of drug-likeness (QED) is 0.326. The molecule has 5 heteroatoms. The molecule has 100 valence electrons. The molecule has 1 saturated heterocycles. The number of rotatable bonds is 5. The highest BCUT2D eigenvalue weighted by atomic mass is 16.4. The van der Waals surface area contributed by atoms with Gasteiger partial charge in [-0.25, -0.2) is 0 Å². The minimum absolute atomic E-state index is 0.315. The van der Waals surface area contributed by atoms with Crippen LogP contribution in [0.5, 0.6) is 0 Å². The molecule has 0 aliphatic carbocycles. The Labute approximate surface area is 104 Å². The summed E-state index contributed by atoms with van der Waals surface area (Å²) in [6, 6.07) is 0.948. The van der Waals surface area contributed by atoms with Gasteiger partial charge in [0.25, 0.3) is 0 Å². The maximum atomic E-state index is 8.58. The van der Waals surface area contributed by atoms with Crippen molar-refractivity contribution in [3.8, 4) is 0 Å².